The summed E-state index contributed by atoms with van der Waals surface area (Å²) in [6.07, 6.45) is 6.41. The first kappa shape index (κ1) is 16.3. The Morgan fingerprint density at radius 3 is 2.55 bits per heavy atom. The molecule has 1 aliphatic heterocycles. The van der Waals surface area contributed by atoms with Crippen LogP contribution in [0.1, 0.15) is 20.3 Å². The topological polar surface area (TPSA) is 70.6 Å². The fraction of sp³-hybridized carbons (Fsp3) is 0.562. The van der Waals surface area contributed by atoms with Crippen LogP contribution in [0, 0.1) is 5.41 Å². The lowest BCUT2D eigenvalue weighted by Crippen LogP contribution is -2.51. The van der Waals surface area contributed by atoms with Gasteiger partial charge in [0.1, 0.15) is 0 Å². The maximum atomic E-state index is 6.14. The zero-order chi connectivity index (χ0) is 16.0. The van der Waals surface area contributed by atoms with Crippen LogP contribution in [0.4, 0.5) is 5.95 Å². The highest BCUT2D eigenvalue weighted by Gasteiger charge is 2.21. The van der Waals surface area contributed by atoms with Gasteiger partial charge in [-0.2, -0.15) is 0 Å². The Balaban J connectivity index is 1.87. The number of piperazine rings is 1. The molecular weight excluding hydrogens is 276 g/mol. The first-order valence-corrected chi connectivity index (χ1v) is 7.69. The van der Waals surface area contributed by atoms with E-state index in [1.165, 1.54) is 0 Å². The first-order chi connectivity index (χ1) is 10.5. The van der Waals surface area contributed by atoms with E-state index < -0.39 is 0 Å². The number of anilines is 1. The van der Waals surface area contributed by atoms with E-state index in [2.05, 4.69) is 45.2 Å². The van der Waals surface area contributed by atoms with Crippen molar-refractivity contribution in [3.63, 3.8) is 0 Å². The maximum absolute atomic E-state index is 6.14. The van der Waals surface area contributed by atoms with Gasteiger partial charge in [0.15, 0.2) is 5.96 Å². The second-order valence-electron chi connectivity index (χ2n) is 6.35. The Morgan fingerprint density at radius 1 is 1.32 bits per heavy atom. The molecule has 6 nitrogen and oxygen atoms in total. The van der Waals surface area contributed by atoms with Gasteiger partial charge >= 0.3 is 0 Å². The van der Waals surface area contributed by atoms with Crippen molar-refractivity contribution in [2.24, 2.45) is 16.1 Å². The van der Waals surface area contributed by atoms with Crippen LogP contribution in [0.3, 0.4) is 0 Å². The first-order valence-electron chi connectivity index (χ1n) is 7.69. The molecule has 1 aliphatic rings. The molecule has 0 atom stereocenters. The summed E-state index contributed by atoms with van der Waals surface area (Å²) >= 11 is 0. The number of allylic oxidation sites excluding steroid dienone is 1. The summed E-state index contributed by atoms with van der Waals surface area (Å²) in [6, 6.07) is 1.83. The van der Waals surface area contributed by atoms with Crippen molar-refractivity contribution in [3.8, 4) is 0 Å². The van der Waals surface area contributed by atoms with Crippen LogP contribution >= 0.6 is 0 Å². The average Bonchev–Trinajstić information content (AvgIpc) is 2.54. The molecule has 0 spiro atoms. The van der Waals surface area contributed by atoms with E-state index in [9.17, 15) is 0 Å². The molecule has 22 heavy (non-hydrogen) atoms. The summed E-state index contributed by atoms with van der Waals surface area (Å²) in [5, 5.41) is 0. The summed E-state index contributed by atoms with van der Waals surface area (Å²) in [7, 11) is 0. The van der Waals surface area contributed by atoms with E-state index in [1.54, 1.807) is 12.4 Å². The monoisotopic (exact) mass is 302 g/mol. The summed E-state index contributed by atoms with van der Waals surface area (Å²) in [5.74, 6) is 1.41. The largest absolute Gasteiger partial charge is 0.370 e. The van der Waals surface area contributed by atoms with Crippen LogP contribution in [0.15, 0.2) is 36.1 Å². The van der Waals surface area contributed by atoms with Crippen molar-refractivity contribution in [2.45, 2.75) is 20.3 Å². The van der Waals surface area contributed by atoms with Crippen molar-refractivity contribution < 1.29 is 0 Å². The normalized spacial score (nSPS) is 16.7. The number of nitrogens with zero attached hydrogens (tertiary/aromatic N) is 5. The lowest BCUT2D eigenvalue weighted by molar-refractivity contribution is 0.361. The Hall–Kier alpha value is -2.11. The van der Waals surface area contributed by atoms with Gasteiger partial charge < -0.3 is 15.5 Å². The Labute approximate surface area is 132 Å². The van der Waals surface area contributed by atoms with Crippen molar-refractivity contribution in [3.05, 3.63) is 31.1 Å². The van der Waals surface area contributed by atoms with Gasteiger partial charge in [-0.05, 0) is 17.9 Å². The highest BCUT2D eigenvalue weighted by Crippen LogP contribution is 2.21. The minimum absolute atomic E-state index is 0.103. The molecule has 0 saturated carbocycles. The van der Waals surface area contributed by atoms with Crippen LogP contribution in [-0.4, -0.2) is 53.6 Å². The molecule has 6 heteroatoms. The second kappa shape index (κ2) is 7.24. The fourth-order valence-electron chi connectivity index (χ4n) is 2.44. The molecule has 0 unspecified atom stereocenters. The summed E-state index contributed by atoms with van der Waals surface area (Å²) in [4.78, 5) is 17.4. The summed E-state index contributed by atoms with van der Waals surface area (Å²) < 4.78 is 0. The fourth-order valence-corrected chi connectivity index (χ4v) is 2.44. The molecular formula is C16H26N6. The van der Waals surface area contributed by atoms with Gasteiger partial charge in [0.25, 0.3) is 0 Å². The molecule has 0 radical (unpaired) electrons. The van der Waals surface area contributed by atoms with Crippen LogP contribution < -0.4 is 10.6 Å². The van der Waals surface area contributed by atoms with E-state index in [0.717, 1.165) is 38.5 Å². The predicted octanol–water partition coefficient (Wildman–Crippen LogP) is 1.52. The van der Waals surface area contributed by atoms with E-state index >= 15 is 0 Å². The molecule has 2 rings (SSSR count). The van der Waals surface area contributed by atoms with E-state index in [1.807, 2.05) is 12.1 Å². The summed E-state index contributed by atoms with van der Waals surface area (Å²) in [6.45, 7) is 12.3. The number of nitrogens with two attached hydrogens (primary N) is 1. The lowest BCUT2D eigenvalue weighted by Gasteiger charge is -2.35. The number of hydrogen-bond acceptors (Lipinski definition) is 4. The zero-order valence-corrected chi connectivity index (χ0v) is 13.6. The molecule has 0 aliphatic carbocycles. The van der Waals surface area contributed by atoms with Gasteiger partial charge in [0, 0.05) is 45.1 Å². The number of guanidine groups is 1. The molecule has 2 N–H and O–H groups in total. The standard InChI is InChI=1S/C16H26N6/c1-4-6-16(2,3)13-20-14(17)21-9-11-22(12-10-21)15-18-7-5-8-19-15/h4-5,7-8H,1,6,9-13H2,2-3H3,(H2,17,20). The number of aromatic nitrogens is 2. The Bertz CT molecular complexity index is 503. The minimum Gasteiger partial charge on any atom is -0.370 e. The molecule has 0 bridgehead atoms. The number of aliphatic imine (C=N–C) groups is 1. The third kappa shape index (κ3) is 4.44. The SMILES string of the molecule is C=CCC(C)(C)CN=C(N)N1CCN(c2ncccn2)CC1. The smallest absolute Gasteiger partial charge is 0.225 e. The molecule has 0 aromatic carbocycles. The highest BCUT2D eigenvalue weighted by atomic mass is 15.3. The molecule has 1 fully saturated rings. The van der Waals surface area contributed by atoms with Crippen LogP contribution in [-0.2, 0) is 0 Å². The zero-order valence-electron chi connectivity index (χ0n) is 13.6. The summed E-state index contributed by atoms with van der Waals surface area (Å²) in [5.41, 5.74) is 6.24. The second-order valence-corrected chi connectivity index (χ2v) is 6.35. The van der Waals surface area contributed by atoms with Gasteiger partial charge in [-0.15, -0.1) is 6.58 Å². The van der Waals surface area contributed by atoms with Crippen molar-refractivity contribution in [1.29, 1.82) is 0 Å². The average molecular weight is 302 g/mol. The van der Waals surface area contributed by atoms with Crippen LogP contribution in [0.5, 0.6) is 0 Å². The van der Waals surface area contributed by atoms with Gasteiger partial charge in [-0.3, -0.25) is 4.99 Å². The highest BCUT2D eigenvalue weighted by molar-refractivity contribution is 5.78. The third-order valence-corrected chi connectivity index (χ3v) is 3.80. The van der Waals surface area contributed by atoms with Crippen molar-refractivity contribution in [2.75, 3.05) is 37.6 Å². The molecule has 2 heterocycles. The van der Waals surface area contributed by atoms with E-state index in [0.29, 0.717) is 12.5 Å². The van der Waals surface area contributed by atoms with Gasteiger partial charge in [0.2, 0.25) is 5.95 Å². The van der Waals surface area contributed by atoms with Gasteiger partial charge in [-0.1, -0.05) is 19.9 Å². The molecule has 0 amide bonds. The number of rotatable bonds is 5. The molecule has 120 valence electrons. The third-order valence-electron chi connectivity index (χ3n) is 3.80. The Morgan fingerprint density at radius 2 is 1.95 bits per heavy atom. The molecule has 1 saturated heterocycles. The Kier molecular flexibility index (Phi) is 5.35. The number of hydrogen-bond donors (Lipinski definition) is 1. The predicted molar refractivity (Wildman–Crippen MR) is 90.9 cm³/mol. The van der Waals surface area contributed by atoms with Crippen molar-refractivity contribution in [1.82, 2.24) is 14.9 Å². The quantitative estimate of drug-likeness (QED) is 0.507. The lowest BCUT2D eigenvalue weighted by atomic mass is 9.90. The van der Waals surface area contributed by atoms with Crippen molar-refractivity contribution >= 4 is 11.9 Å². The maximum Gasteiger partial charge on any atom is 0.225 e. The van der Waals surface area contributed by atoms with Gasteiger partial charge in [0.05, 0.1) is 0 Å². The van der Waals surface area contributed by atoms with Crippen LogP contribution in [0.2, 0.25) is 0 Å². The van der Waals surface area contributed by atoms with E-state index in [-0.39, 0.29) is 5.41 Å². The van der Waals surface area contributed by atoms with Crippen LogP contribution in [0.25, 0.3) is 0 Å². The minimum atomic E-state index is 0.103. The molecule has 1 aromatic heterocycles. The molecule has 1 aromatic rings. The van der Waals surface area contributed by atoms with E-state index in [4.69, 9.17) is 5.73 Å². The van der Waals surface area contributed by atoms with Gasteiger partial charge in [-0.25, -0.2) is 9.97 Å².